The zero-order valence-electron chi connectivity index (χ0n) is 10.3. The molecule has 0 aliphatic carbocycles. The van der Waals surface area contributed by atoms with Crippen LogP contribution in [0.15, 0.2) is 29.6 Å². The number of thiophene rings is 2. The maximum atomic E-state index is 2.31. The molecule has 2 aromatic rings. The first kappa shape index (κ1) is 11.9. The molecule has 2 aromatic heterocycles. The van der Waals surface area contributed by atoms with Crippen molar-refractivity contribution in [3.8, 4) is 0 Å². The Bertz CT molecular complexity index is 447. The molecule has 0 saturated heterocycles. The average molecular weight is 250 g/mol. The fourth-order valence-corrected chi connectivity index (χ4v) is 3.81. The van der Waals surface area contributed by atoms with Crippen molar-refractivity contribution < 1.29 is 0 Å². The Labute approximate surface area is 106 Å². The van der Waals surface area contributed by atoms with Gasteiger partial charge in [0.15, 0.2) is 0 Å². The van der Waals surface area contributed by atoms with Crippen molar-refractivity contribution in [3.05, 3.63) is 44.3 Å². The molecule has 0 spiro atoms. The first-order valence-electron chi connectivity index (χ1n) is 5.66. The Balaban J connectivity index is 2.36. The van der Waals surface area contributed by atoms with Gasteiger partial charge in [-0.3, -0.25) is 0 Å². The van der Waals surface area contributed by atoms with Gasteiger partial charge in [0.1, 0.15) is 0 Å². The first-order valence-corrected chi connectivity index (χ1v) is 7.35. The lowest BCUT2D eigenvalue weighted by Crippen LogP contribution is -2.15. The van der Waals surface area contributed by atoms with Crippen LogP contribution in [0.5, 0.6) is 0 Å². The maximum absolute atomic E-state index is 2.31. The topological polar surface area (TPSA) is 0 Å². The number of hydrogen-bond acceptors (Lipinski definition) is 2. The second-order valence-corrected chi connectivity index (χ2v) is 7.02. The van der Waals surface area contributed by atoms with Crippen molar-refractivity contribution >= 4 is 22.7 Å². The van der Waals surface area contributed by atoms with E-state index in [2.05, 4.69) is 57.3 Å². The van der Waals surface area contributed by atoms with E-state index in [9.17, 15) is 0 Å². The Kier molecular flexibility index (Phi) is 3.22. The van der Waals surface area contributed by atoms with Crippen LogP contribution in [0.4, 0.5) is 0 Å². The molecule has 0 aromatic carbocycles. The minimum Gasteiger partial charge on any atom is -0.148 e. The zero-order chi connectivity index (χ0) is 11.8. The molecule has 0 bridgehead atoms. The third-order valence-electron chi connectivity index (χ3n) is 2.95. The molecule has 0 saturated carbocycles. The molecule has 0 atom stereocenters. The lowest BCUT2D eigenvalue weighted by Gasteiger charge is -2.21. The summed E-state index contributed by atoms with van der Waals surface area (Å²) in [7, 11) is 0. The van der Waals surface area contributed by atoms with Gasteiger partial charge in [0, 0.05) is 20.0 Å². The van der Waals surface area contributed by atoms with Gasteiger partial charge in [-0.2, -0.15) is 0 Å². The van der Waals surface area contributed by atoms with Crippen molar-refractivity contribution in [1.82, 2.24) is 0 Å². The van der Waals surface area contributed by atoms with Crippen LogP contribution in [0, 0.1) is 0 Å². The Hall–Kier alpha value is -0.600. The van der Waals surface area contributed by atoms with E-state index in [0.29, 0.717) is 5.92 Å². The molecule has 2 rings (SSSR count). The van der Waals surface area contributed by atoms with E-state index in [4.69, 9.17) is 0 Å². The lowest BCUT2D eigenvalue weighted by molar-refractivity contribution is 0.671. The van der Waals surface area contributed by atoms with Crippen molar-refractivity contribution in [3.63, 3.8) is 0 Å². The fourth-order valence-electron chi connectivity index (χ4n) is 1.75. The van der Waals surface area contributed by atoms with E-state index in [1.807, 2.05) is 22.7 Å². The molecule has 0 fully saturated rings. The van der Waals surface area contributed by atoms with Crippen LogP contribution in [-0.4, -0.2) is 0 Å². The molecule has 0 amide bonds. The van der Waals surface area contributed by atoms with Gasteiger partial charge >= 0.3 is 0 Å². The quantitative estimate of drug-likeness (QED) is 0.697. The van der Waals surface area contributed by atoms with Gasteiger partial charge in [-0.25, -0.2) is 0 Å². The van der Waals surface area contributed by atoms with E-state index >= 15 is 0 Å². The standard InChI is InChI=1S/C14H18S2/c1-10(2)11-7-8-13(16-11)14(3,4)12-6-5-9-15-12/h5-10H,1-4H3. The summed E-state index contributed by atoms with van der Waals surface area (Å²) in [6.45, 7) is 9.14. The molecule has 0 unspecified atom stereocenters. The highest BCUT2D eigenvalue weighted by Gasteiger charge is 2.26. The molecule has 86 valence electrons. The smallest absolute Gasteiger partial charge is 0.0334 e. The van der Waals surface area contributed by atoms with E-state index in [-0.39, 0.29) is 5.41 Å². The molecule has 16 heavy (non-hydrogen) atoms. The fraction of sp³-hybridized carbons (Fsp3) is 0.429. The third-order valence-corrected chi connectivity index (χ3v) is 5.85. The van der Waals surface area contributed by atoms with Gasteiger partial charge in [-0.05, 0) is 29.5 Å². The second kappa shape index (κ2) is 4.34. The van der Waals surface area contributed by atoms with Crippen molar-refractivity contribution in [2.75, 3.05) is 0 Å². The van der Waals surface area contributed by atoms with Gasteiger partial charge in [0.05, 0.1) is 0 Å². The highest BCUT2D eigenvalue weighted by Crippen LogP contribution is 2.39. The summed E-state index contributed by atoms with van der Waals surface area (Å²) < 4.78 is 0. The van der Waals surface area contributed by atoms with Gasteiger partial charge in [-0.1, -0.05) is 33.8 Å². The lowest BCUT2D eigenvalue weighted by atomic mass is 9.90. The normalized spacial score (nSPS) is 12.3. The minimum absolute atomic E-state index is 0.159. The van der Waals surface area contributed by atoms with Crippen molar-refractivity contribution in [2.45, 2.75) is 39.0 Å². The molecular formula is C14H18S2. The predicted molar refractivity (Wildman–Crippen MR) is 74.9 cm³/mol. The average Bonchev–Trinajstić information content (AvgIpc) is 2.90. The van der Waals surface area contributed by atoms with E-state index in [0.717, 1.165) is 0 Å². The molecule has 0 nitrogen and oxygen atoms in total. The zero-order valence-corrected chi connectivity index (χ0v) is 11.9. The van der Waals surface area contributed by atoms with Crippen molar-refractivity contribution in [2.24, 2.45) is 0 Å². The van der Waals surface area contributed by atoms with Crippen LogP contribution in [0.2, 0.25) is 0 Å². The van der Waals surface area contributed by atoms with Gasteiger partial charge in [0.2, 0.25) is 0 Å². The highest BCUT2D eigenvalue weighted by molar-refractivity contribution is 7.13. The SMILES string of the molecule is CC(C)c1ccc(C(C)(C)c2cccs2)s1. The summed E-state index contributed by atoms with van der Waals surface area (Å²) in [4.78, 5) is 4.41. The minimum atomic E-state index is 0.159. The summed E-state index contributed by atoms with van der Waals surface area (Å²) >= 11 is 3.80. The van der Waals surface area contributed by atoms with Crippen LogP contribution in [0.3, 0.4) is 0 Å². The first-order chi connectivity index (χ1) is 7.51. The maximum Gasteiger partial charge on any atom is 0.0334 e. The van der Waals surface area contributed by atoms with Gasteiger partial charge in [0.25, 0.3) is 0 Å². The van der Waals surface area contributed by atoms with Crippen LogP contribution >= 0.6 is 22.7 Å². The van der Waals surface area contributed by atoms with Crippen LogP contribution < -0.4 is 0 Å². The van der Waals surface area contributed by atoms with Crippen LogP contribution in [0.25, 0.3) is 0 Å². The summed E-state index contributed by atoms with van der Waals surface area (Å²) in [5, 5.41) is 2.16. The Morgan fingerprint density at radius 1 is 1.06 bits per heavy atom. The van der Waals surface area contributed by atoms with Gasteiger partial charge < -0.3 is 0 Å². The van der Waals surface area contributed by atoms with Crippen LogP contribution in [-0.2, 0) is 5.41 Å². The highest BCUT2D eigenvalue weighted by atomic mass is 32.1. The van der Waals surface area contributed by atoms with Gasteiger partial charge in [-0.15, -0.1) is 22.7 Å². The molecule has 2 heteroatoms. The predicted octanol–water partition coefficient (Wildman–Crippen LogP) is 5.26. The van der Waals surface area contributed by atoms with E-state index < -0.39 is 0 Å². The van der Waals surface area contributed by atoms with Crippen LogP contribution in [0.1, 0.15) is 48.2 Å². The largest absolute Gasteiger partial charge is 0.148 e. The summed E-state index contributed by atoms with van der Waals surface area (Å²) in [5.41, 5.74) is 0.159. The molecule has 0 radical (unpaired) electrons. The Morgan fingerprint density at radius 2 is 1.81 bits per heavy atom. The van der Waals surface area contributed by atoms with Crippen molar-refractivity contribution in [1.29, 1.82) is 0 Å². The van der Waals surface area contributed by atoms with E-state index in [1.54, 1.807) is 0 Å². The molecule has 0 aliphatic heterocycles. The third kappa shape index (κ3) is 2.09. The summed E-state index contributed by atoms with van der Waals surface area (Å²) in [6, 6.07) is 8.94. The molecule has 0 N–H and O–H groups in total. The Morgan fingerprint density at radius 3 is 2.31 bits per heavy atom. The molecule has 2 heterocycles. The molecular weight excluding hydrogens is 232 g/mol. The summed E-state index contributed by atoms with van der Waals surface area (Å²) in [6.07, 6.45) is 0. The molecule has 0 aliphatic rings. The summed E-state index contributed by atoms with van der Waals surface area (Å²) in [5.74, 6) is 0.637. The monoisotopic (exact) mass is 250 g/mol. The number of hydrogen-bond donors (Lipinski definition) is 0. The number of rotatable bonds is 3. The second-order valence-electron chi connectivity index (χ2n) is 4.96. The van der Waals surface area contributed by atoms with E-state index in [1.165, 1.54) is 14.6 Å².